The fourth-order valence-corrected chi connectivity index (χ4v) is 2.21. The fourth-order valence-electron chi connectivity index (χ4n) is 2.21. The van der Waals surface area contributed by atoms with Gasteiger partial charge in [-0.05, 0) is 42.2 Å². The highest BCUT2D eigenvalue weighted by molar-refractivity contribution is 5.84. The molecule has 0 saturated heterocycles. The lowest BCUT2D eigenvalue weighted by atomic mass is 10.1. The molecule has 0 heterocycles. The highest BCUT2D eigenvalue weighted by Crippen LogP contribution is 2.22. The Hall–Kier alpha value is -2.03. The van der Waals surface area contributed by atoms with Crippen LogP contribution >= 0.6 is 0 Å². The van der Waals surface area contributed by atoms with Crippen molar-refractivity contribution in [3.8, 4) is 5.75 Å². The molecule has 22 heavy (non-hydrogen) atoms. The van der Waals surface area contributed by atoms with E-state index < -0.39 is 6.10 Å². The van der Waals surface area contributed by atoms with Crippen molar-refractivity contribution < 1.29 is 9.53 Å². The zero-order valence-electron chi connectivity index (χ0n) is 13.8. The Balaban J connectivity index is 2.09. The summed E-state index contributed by atoms with van der Waals surface area (Å²) in [5.74, 6) is 1.09. The van der Waals surface area contributed by atoms with E-state index in [0.29, 0.717) is 12.3 Å². The zero-order chi connectivity index (χ0) is 16.1. The molecule has 0 saturated carbocycles. The third-order valence-corrected chi connectivity index (χ3v) is 4.03. The molecule has 0 aromatic heterocycles. The van der Waals surface area contributed by atoms with Crippen LogP contribution < -0.4 is 10.1 Å². The molecule has 0 spiro atoms. The van der Waals surface area contributed by atoms with Gasteiger partial charge in [0.15, 0.2) is 6.10 Å². The maximum Gasteiger partial charge on any atom is 0.261 e. The Morgan fingerprint density at radius 1 is 1.09 bits per heavy atom. The van der Waals surface area contributed by atoms with E-state index in [1.165, 1.54) is 5.39 Å². The van der Waals surface area contributed by atoms with Crippen molar-refractivity contribution in [1.29, 1.82) is 0 Å². The van der Waals surface area contributed by atoms with Crippen molar-refractivity contribution in [2.45, 2.75) is 46.3 Å². The summed E-state index contributed by atoms with van der Waals surface area (Å²) in [6, 6.07) is 14.2. The van der Waals surface area contributed by atoms with Crippen molar-refractivity contribution in [2.24, 2.45) is 5.92 Å². The van der Waals surface area contributed by atoms with Crippen LogP contribution in [0.4, 0.5) is 0 Å². The van der Waals surface area contributed by atoms with Crippen LogP contribution in [0.15, 0.2) is 42.5 Å². The first kappa shape index (κ1) is 16.3. The number of hydrogen-bond acceptors (Lipinski definition) is 2. The van der Waals surface area contributed by atoms with E-state index >= 15 is 0 Å². The van der Waals surface area contributed by atoms with Crippen LogP contribution in [0.1, 0.15) is 34.1 Å². The molecule has 0 fully saturated rings. The topological polar surface area (TPSA) is 38.3 Å². The number of benzene rings is 2. The average molecular weight is 299 g/mol. The van der Waals surface area contributed by atoms with Crippen molar-refractivity contribution in [1.82, 2.24) is 5.32 Å². The summed E-state index contributed by atoms with van der Waals surface area (Å²) in [6.07, 6.45) is 0.186. The van der Waals surface area contributed by atoms with E-state index in [0.717, 1.165) is 11.1 Å². The van der Waals surface area contributed by atoms with Crippen molar-refractivity contribution in [3.05, 3.63) is 42.5 Å². The van der Waals surface area contributed by atoms with Crippen molar-refractivity contribution in [2.75, 3.05) is 0 Å². The van der Waals surface area contributed by atoms with Gasteiger partial charge >= 0.3 is 0 Å². The van der Waals surface area contributed by atoms with Crippen LogP contribution in [0, 0.1) is 5.92 Å². The Morgan fingerprint density at radius 3 is 2.41 bits per heavy atom. The minimum Gasteiger partial charge on any atom is -0.481 e. The van der Waals surface area contributed by atoms with Gasteiger partial charge in [-0.15, -0.1) is 0 Å². The number of carbonyl (C=O) groups excluding carboxylic acids is 1. The van der Waals surface area contributed by atoms with Crippen LogP contribution in [-0.2, 0) is 4.79 Å². The first-order valence-corrected chi connectivity index (χ1v) is 7.97. The maximum absolute atomic E-state index is 12.3. The van der Waals surface area contributed by atoms with Crippen LogP contribution in [0.2, 0.25) is 0 Å². The van der Waals surface area contributed by atoms with Gasteiger partial charge in [0.25, 0.3) is 5.91 Å². The van der Waals surface area contributed by atoms with Gasteiger partial charge in [0.05, 0.1) is 0 Å². The molecule has 2 rings (SSSR count). The second-order valence-corrected chi connectivity index (χ2v) is 6.06. The van der Waals surface area contributed by atoms with Crippen LogP contribution in [0.5, 0.6) is 5.75 Å². The Bertz CT molecular complexity index is 636. The lowest BCUT2D eigenvalue weighted by Crippen LogP contribution is -2.44. The van der Waals surface area contributed by atoms with E-state index in [1.54, 1.807) is 0 Å². The smallest absolute Gasteiger partial charge is 0.261 e. The SMILES string of the molecule is CC[C@H](Oc1ccc2ccccc2c1)C(=O)N[C@@H](C)C(C)C. The fraction of sp³-hybridized carbons (Fsp3) is 0.421. The summed E-state index contributed by atoms with van der Waals surface area (Å²) in [5, 5.41) is 5.31. The Kier molecular flexibility index (Phi) is 5.42. The number of hydrogen-bond donors (Lipinski definition) is 1. The summed E-state index contributed by atoms with van der Waals surface area (Å²) in [5.41, 5.74) is 0. The number of amides is 1. The first-order chi connectivity index (χ1) is 10.5. The second kappa shape index (κ2) is 7.30. The highest BCUT2D eigenvalue weighted by Gasteiger charge is 2.21. The summed E-state index contributed by atoms with van der Waals surface area (Å²) in [7, 11) is 0. The minimum atomic E-state index is -0.456. The molecule has 0 radical (unpaired) electrons. The molecule has 2 aromatic carbocycles. The molecule has 0 unspecified atom stereocenters. The van der Waals surface area contributed by atoms with Gasteiger partial charge in [0.1, 0.15) is 5.75 Å². The summed E-state index contributed by atoms with van der Waals surface area (Å²) >= 11 is 0. The van der Waals surface area contributed by atoms with Crippen LogP contribution in [0.3, 0.4) is 0 Å². The van der Waals surface area contributed by atoms with E-state index in [1.807, 2.05) is 50.2 Å². The van der Waals surface area contributed by atoms with Gasteiger partial charge in [-0.2, -0.15) is 0 Å². The summed E-state index contributed by atoms with van der Waals surface area (Å²) in [6.45, 7) is 8.17. The van der Waals surface area contributed by atoms with Gasteiger partial charge in [-0.1, -0.05) is 51.1 Å². The quantitative estimate of drug-likeness (QED) is 0.870. The third kappa shape index (κ3) is 4.00. The average Bonchev–Trinajstić information content (AvgIpc) is 2.52. The predicted octanol–water partition coefficient (Wildman–Crippen LogP) is 4.16. The molecule has 2 atom stereocenters. The Labute approximate surface area is 132 Å². The van der Waals surface area contributed by atoms with Gasteiger partial charge in [-0.3, -0.25) is 4.79 Å². The molecule has 2 aromatic rings. The molecular weight excluding hydrogens is 274 g/mol. The largest absolute Gasteiger partial charge is 0.481 e. The van der Waals surface area contributed by atoms with E-state index in [-0.39, 0.29) is 11.9 Å². The molecule has 3 nitrogen and oxygen atoms in total. The van der Waals surface area contributed by atoms with Crippen LogP contribution in [0.25, 0.3) is 10.8 Å². The monoisotopic (exact) mass is 299 g/mol. The summed E-state index contributed by atoms with van der Waals surface area (Å²) < 4.78 is 5.90. The molecular formula is C19H25NO2. The minimum absolute atomic E-state index is 0.0446. The molecule has 0 bridgehead atoms. The summed E-state index contributed by atoms with van der Waals surface area (Å²) in [4.78, 5) is 12.3. The lowest BCUT2D eigenvalue weighted by molar-refractivity contribution is -0.129. The predicted molar refractivity (Wildman–Crippen MR) is 91.1 cm³/mol. The highest BCUT2D eigenvalue weighted by atomic mass is 16.5. The number of ether oxygens (including phenoxy) is 1. The number of nitrogens with one attached hydrogen (secondary N) is 1. The number of carbonyl (C=O) groups is 1. The normalized spacial score (nSPS) is 13.9. The van der Waals surface area contributed by atoms with Crippen molar-refractivity contribution in [3.63, 3.8) is 0 Å². The molecule has 1 amide bonds. The number of rotatable bonds is 6. The van der Waals surface area contributed by atoms with Gasteiger partial charge in [-0.25, -0.2) is 0 Å². The molecule has 118 valence electrons. The Morgan fingerprint density at radius 2 is 1.77 bits per heavy atom. The molecule has 0 aliphatic carbocycles. The maximum atomic E-state index is 12.3. The van der Waals surface area contributed by atoms with Gasteiger partial charge in [0, 0.05) is 6.04 Å². The number of fused-ring (bicyclic) bond motifs is 1. The molecule has 0 aliphatic heterocycles. The first-order valence-electron chi connectivity index (χ1n) is 7.97. The van der Waals surface area contributed by atoms with Gasteiger partial charge in [0.2, 0.25) is 0 Å². The molecule has 3 heteroatoms. The van der Waals surface area contributed by atoms with Gasteiger partial charge < -0.3 is 10.1 Å². The van der Waals surface area contributed by atoms with E-state index in [2.05, 4.69) is 25.2 Å². The standard InChI is InChI=1S/C19H25NO2/c1-5-18(19(21)20-14(4)13(2)3)22-17-11-10-15-8-6-7-9-16(15)12-17/h6-14,18H,5H2,1-4H3,(H,20,21)/t14-,18-/m0/s1. The van der Waals surface area contributed by atoms with E-state index in [9.17, 15) is 4.79 Å². The lowest BCUT2D eigenvalue weighted by Gasteiger charge is -2.22. The third-order valence-electron chi connectivity index (χ3n) is 4.03. The molecule has 1 N–H and O–H groups in total. The van der Waals surface area contributed by atoms with Crippen molar-refractivity contribution >= 4 is 16.7 Å². The second-order valence-electron chi connectivity index (χ2n) is 6.06. The van der Waals surface area contributed by atoms with E-state index in [4.69, 9.17) is 4.74 Å². The van der Waals surface area contributed by atoms with Crippen LogP contribution in [-0.4, -0.2) is 18.1 Å². The zero-order valence-corrected chi connectivity index (χ0v) is 13.8. The molecule has 0 aliphatic rings.